The fraction of sp³-hybridized carbons (Fsp3) is 0.385. The highest BCUT2D eigenvalue weighted by Gasteiger charge is 2.13. The van der Waals surface area contributed by atoms with E-state index in [-0.39, 0.29) is 0 Å². The predicted octanol–water partition coefficient (Wildman–Crippen LogP) is 4.51. The van der Waals surface area contributed by atoms with Crippen molar-refractivity contribution >= 4 is 40.7 Å². The molecular weight excluding hydrogens is 317 g/mol. The maximum atomic E-state index is 5.99. The monoisotopic (exact) mass is 331 g/mol. The maximum Gasteiger partial charge on any atom is 0.258 e. The minimum atomic E-state index is 0.351. The molecule has 0 aliphatic heterocycles. The normalized spacial score (nSPS) is 11.2. The van der Waals surface area contributed by atoms with Gasteiger partial charge in [0, 0.05) is 5.56 Å². The Balaban J connectivity index is 2.12. The minimum Gasteiger partial charge on any atom is -0.396 e. The molecule has 0 radical (unpaired) electrons. The summed E-state index contributed by atoms with van der Waals surface area (Å²) in [4.78, 5) is 4.33. The second kappa shape index (κ2) is 6.70. The van der Waals surface area contributed by atoms with Gasteiger partial charge in [0.2, 0.25) is 0 Å². The highest BCUT2D eigenvalue weighted by atomic mass is 35.5. The lowest BCUT2D eigenvalue weighted by Gasteiger charge is -2.02. The second-order valence-corrected chi connectivity index (χ2v) is 6.62. The van der Waals surface area contributed by atoms with Crippen molar-refractivity contribution in [3.05, 3.63) is 28.0 Å². The van der Waals surface area contributed by atoms with Crippen molar-refractivity contribution in [2.75, 3.05) is 11.5 Å². The van der Waals surface area contributed by atoms with Crippen LogP contribution >= 0.6 is 35.0 Å². The van der Waals surface area contributed by atoms with Crippen molar-refractivity contribution in [3.8, 4) is 11.5 Å². The van der Waals surface area contributed by atoms with Gasteiger partial charge in [-0.05, 0) is 23.8 Å². The lowest BCUT2D eigenvalue weighted by Crippen LogP contribution is -1.93. The van der Waals surface area contributed by atoms with Crippen LogP contribution in [0, 0.1) is 5.92 Å². The molecule has 2 N–H and O–H groups in total. The lowest BCUT2D eigenvalue weighted by atomic mass is 10.2. The van der Waals surface area contributed by atoms with Gasteiger partial charge in [-0.3, -0.25) is 0 Å². The third-order valence-corrected chi connectivity index (χ3v) is 4.47. The third kappa shape index (κ3) is 3.81. The summed E-state index contributed by atoms with van der Waals surface area (Å²) >= 11 is 13.8. The summed E-state index contributed by atoms with van der Waals surface area (Å²) in [6.07, 6.45) is 0. The van der Waals surface area contributed by atoms with Gasteiger partial charge in [-0.15, -0.1) is 0 Å². The number of benzene rings is 1. The van der Waals surface area contributed by atoms with Crippen LogP contribution in [0.4, 0.5) is 5.69 Å². The van der Waals surface area contributed by atoms with Crippen molar-refractivity contribution in [3.63, 3.8) is 0 Å². The van der Waals surface area contributed by atoms with Crippen LogP contribution in [0.5, 0.6) is 0 Å². The Hall–Kier alpha value is -0.910. The molecule has 0 atom stereocenters. The average molecular weight is 332 g/mol. The predicted molar refractivity (Wildman–Crippen MR) is 85.2 cm³/mol. The van der Waals surface area contributed by atoms with Crippen LogP contribution in [0.25, 0.3) is 11.5 Å². The summed E-state index contributed by atoms with van der Waals surface area (Å²) in [5.74, 6) is 3.48. The number of nitrogens with two attached hydrogens (primary N) is 1. The fourth-order valence-corrected chi connectivity index (χ4v) is 2.90. The van der Waals surface area contributed by atoms with E-state index < -0.39 is 0 Å². The number of hydrogen-bond donors (Lipinski definition) is 1. The Morgan fingerprint density at radius 3 is 2.55 bits per heavy atom. The summed E-state index contributed by atoms with van der Waals surface area (Å²) in [6, 6.07) is 3.34. The van der Waals surface area contributed by atoms with E-state index in [0.717, 1.165) is 11.5 Å². The molecule has 1 heterocycles. The molecule has 0 aliphatic carbocycles. The van der Waals surface area contributed by atoms with Crippen LogP contribution in [-0.4, -0.2) is 15.9 Å². The summed E-state index contributed by atoms with van der Waals surface area (Å²) in [5.41, 5.74) is 6.71. The average Bonchev–Trinajstić information content (AvgIpc) is 2.83. The van der Waals surface area contributed by atoms with Crippen LogP contribution in [0.3, 0.4) is 0 Å². The van der Waals surface area contributed by atoms with Crippen molar-refractivity contribution in [2.45, 2.75) is 19.6 Å². The number of anilines is 1. The zero-order valence-electron chi connectivity index (χ0n) is 11.2. The topological polar surface area (TPSA) is 64.9 Å². The van der Waals surface area contributed by atoms with Gasteiger partial charge in [0.1, 0.15) is 0 Å². The van der Waals surface area contributed by atoms with E-state index >= 15 is 0 Å². The van der Waals surface area contributed by atoms with E-state index in [1.807, 2.05) is 0 Å². The molecule has 0 bridgehead atoms. The Morgan fingerprint density at radius 2 is 1.95 bits per heavy atom. The first-order valence-electron chi connectivity index (χ1n) is 6.12. The van der Waals surface area contributed by atoms with E-state index in [9.17, 15) is 0 Å². The number of thioether (sulfide) groups is 1. The third-order valence-electron chi connectivity index (χ3n) is 2.48. The first-order chi connectivity index (χ1) is 9.47. The van der Waals surface area contributed by atoms with E-state index in [4.69, 9.17) is 33.5 Å². The summed E-state index contributed by atoms with van der Waals surface area (Å²) in [7, 11) is 0. The SMILES string of the molecule is CC(C)CSCc1noc(-c2cc(Cl)c(N)c(Cl)c2)n1. The molecular formula is C13H15Cl2N3OS. The molecule has 1 aromatic carbocycles. The zero-order chi connectivity index (χ0) is 14.7. The van der Waals surface area contributed by atoms with E-state index in [1.54, 1.807) is 23.9 Å². The van der Waals surface area contributed by atoms with Crippen LogP contribution in [0.2, 0.25) is 10.0 Å². The highest BCUT2D eigenvalue weighted by Crippen LogP contribution is 2.33. The largest absolute Gasteiger partial charge is 0.396 e. The van der Waals surface area contributed by atoms with Gasteiger partial charge in [0.05, 0.1) is 21.5 Å². The van der Waals surface area contributed by atoms with Crippen LogP contribution in [0.15, 0.2) is 16.7 Å². The molecule has 4 nitrogen and oxygen atoms in total. The Bertz CT molecular complexity index is 578. The molecule has 0 fully saturated rings. The Morgan fingerprint density at radius 1 is 1.30 bits per heavy atom. The van der Waals surface area contributed by atoms with Gasteiger partial charge in [0.15, 0.2) is 5.82 Å². The number of halogens is 2. The number of hydrogen-bond acceptors (Lipinski definition) is 5. The van der Waals surface area contributed by atoms with E-state index in [2.05, 4.69) is 24.0 Å². The molecule has 2 rings (SSSR count). The fourth-order valence-electron chi connectivity index (χ4n) is 1.52. The number of nitrogen functional groups attached to an aromatic ring is 1. The highest BCUT2D eigenvalue weighted by molar-refractivity contribution is 7.98. The Labute approximate surface area is 132 Å². The Kier molecular flexibility index (Phi) is 5.18. The molecule has 0 amide bonds. The molecule has 108 valence electrons. The molecule has 0 saturated carbocycles. The summed E-state index contributed by atoms with van der Waals surface area (Å²) in [5, 5.41) is 4.70. The lowest BCUT2D eigenvalue weighted by molar-refractivity contribution is 0.425. The number of aromatic nitrogens is 2. The molecule has 2 aromatic rings. The minimum absolute atomic E-state index is 0.351. The number of nitrogens with zero attached hydrogens (tertiary/aromatic N) is 2. The van der Waals surface area contributed by atoms with Crippen molar-refractivity contribution in [1.29, 1.82) is 0 Å². The van der Waals surface area contributed by atoms with Gasteiger partial charge in [-0.25, -0.2) is 0 Å². The number of rotatable bonds is 5. The van der Waals surface area contributed by atoms with Crippen molar-refractivity contribution < 1.29 is 4.52 Å². The molecule has 20 heavy (non-hydrogen) atoms. The first kappa shape index (κ1) is 15.5. The second-order valence-electron chi connectivity index (χ2n) is 4.78. The smallest absolute Gasteiger partial charge is 0.258 e. The molecule has 0 unspecified atom stereocenters. The first-order valence-corrected chi connectivity index (χ1v) is 8.03. The van der Waals surface area contributed by atoms with Gasteiger partial charge >= 0.3 is 0 Å². The quantitative estimate of drug-likeness (QED) is 0.816. The molecule has 0 aliphatic rings. The van der Waals surface area contributed by atoms with Gasteiger partial charge < -0.3 is 10.3 Å². The summed E-state index contributed by atoms with van der Waals surface area (Å²) in [6.45, 7) is 4.35. The van der Waals surface area contributed by atoms with E-state index in [0.29, 0.717) is 38.9 Å². The van der Waals surface area contributed by atoms with Gasteiger partial charge in [-0.2, -0.15) is 16.7 Å². The summed E-state index contributed by atoms with van der Waals surface area (Å²) < 4.78 is 5.23. The molecule has 1 aromatic heterocycles. The molecule has 7 heteroatoms. The van der Waals surface area contributed by atoms with Gasteiger partial charge in [0.25, 0.3) is 5.89 Å². The molecule has 0 spiro atoms. The van der Waals surface area contributed by atoms with Crippen LogP contribution in [0.1, 0.15) is 19.7 Å². The van der Waals surface area contributed by atoms with Crippen molar-refractivity contribution in [1.82, 2.24) is 10.1 Å². The van der Waals surface area contributed by atoms with Crippen LogP contribution < -0.4 is 5.73 Å². The van der Waals surface area contributed by atoms with Crippen molar-refractivity contribution in [2.24, 2.45) is 5.92 Å². The standard InChI is InChI=1S/C13H15Cl2N3OS/c1-7(2)5-20-6-11-17-13(19-18-11)8-3-9(14)12(16)10(15)4-8/h3-4,7H,5-6,16H2,1-2H3. The molecule has 0 saturated heterocycles. The van der Waals surface area contributed by atoms with E-state index in [1.165, 1.54) is 0 Å². The van der Waals surface area contributed by atoms with Gasteiger partial charge in [-0.1, -0.05) is 42.2 Å². The van der Waals surface area contributed by atoms with Crippen LogP contribution in [-0.2, 0) is 5.75 Å². The maximum absolute atomic E-state index is 5.99. The zero-order valence-corrected chi connectivity index (χ0v) is 13.5.